The first-order valence-corrected chi connectivity index (χ1v) is 6.66. The molecule has 1 fully saturated rings. The Morgan fingerprint density at radius 2 is 2.27 bits per heavy atom. The lowest BCUT2D eigenvalue weighted by molar-refractivity contribution is 0.348. The number of hydrogen-bond acceptors (Lipinski definition) is 4. The SMILES string of the molecule is CC1NCCCC1NS(=O)(=O)C(C)C#N. The van der Waals surface area contributed by atoms with Crippen molar-refractivity contribution < 1.29 is 8.42 Å². The Kier molecular flexibility index (Phi) is 4.08. The number of nitrogens with zero attached hydrogens (tertiary/aromatic N) is 1. The first kappa shape index (κ1) is 12.4. The summed E-state index contributed by atoms with van der Waals surface area (Å²) >= 11 is 0. The molecule has 6 heteroatoms. The van der Waals surface area contributed by atoms with Crippen LogP contribution < -0.4 is 10.0 Å². The molecule has 0 saturated carbocycles. The van der Waals surface area contributed by atoms with Crippen LogP contribution in [0.25, 0.3) is 0 Å². The molecule has 1 aliphatic heterocycles. The predicted octanol–water partition coefficient (Wildman–Crippen LogP) is -0.0416. The van der Waals surface area contributed by atoms with Crippen LogP contribution in [0.5, 0.6) is 0 Å². The molecular weight excluding hydrogens is 214 g/mol. The molecule has 0 aliphatic carbocycles. The third-order valence-electron chi connectivity index (χ3n) is 2.72. The largest absolute Gasteiger partial charge is 0.313 e. The van der Waals surface area contributed by atoms with Gasteiger partial charge in [0.1, 0.15) is 0 Å². The van der Waals surface area contributed by atoms with E-state index in [0.29, 0.717) is 0 Å². The van der Waals surface area contributed by atoms with Crippen LogP contribution in [0.1, 0.15) is 26.7 Å². The summed E-state index contributed by atoms with van der Waals surface area (Å²) in [6.45, 7) is 4.26. The van der Waals surface area contributed by atoms with E-state index in [1.54, 1.807) is 6.07 Å². The fourth-order valence-electron chi connectivity index (χ4n) is 1.59. The van der Waals surface area contributed by atoms with E-state index in [2.05, 4.69) is 10.0 Å². The molecule has 2 N–H and O–H groups in total. The second-order valence-electron chi connectivity index (χ2n) is 3.93. The van der Waals surface area contributed by atoms with Gasteiger partial charge in [0.05, 0.1) is 6.07 Å². The van der Waals surface area contributed by atoms with Gasteiger partial charge in [-0.15, -0.1) is 0 Å². The van der Waals surface area contributed by atoms with E-state index in [-0.39, 0.29) is 12.1 Å². The molecule has 0 bridgehead atoms. The average molecular weight is 231 g/mol. The van der Waals surface area contributed by atoms with Crippen LogP contribution in [0, 0.1) is 11.3 Å². The van der Waals surface area contributed by atoms with Crippen LogP contribution in [0.3, 0.4) is 0 Å². The fraction of sp³-hybridized carbons (Fsp3) is 0.889. The Balaban J connectivity index is 2.65. The third kappa shape index (κ3) is 3.16. The molecule has 15 heavy (non-hydrogen) atoms. The molecule has 1 rings (SSSR count). The Hall–Kier alpha value is -0.640. The summed E-state index contributed by atoms with van der Waals surface area (Å²) in [5.74, 6) is 0. The molecule has 0 aromatic carbocycles. The van der Waals surface area contributed by atoms with Gasteiger partial charge in [0.2, 0.25) is 10.0 Å². The molecule has 0 radical (unpaired) electrons. The molecule has 3 atom stereocenters. The monoisotopic (exact) mass is 231 g/mol. The lowest BCUT2D eigenvalue weighted by Gasteiger charge is -2.30. The highest BCUT2D eigenvalue weighted by molar-refractivity contribution is 7.90. The first-order valence-electron chi connectivity index (χ1n) is 5.11. The van der Waals surface area contributed by atoms with Crippen LogP contribution >= 0.6 is 0 Å². The van der Waals surface area contributed by atoms with E-state index >= 15 is 0 Å². The summed E-state index contributed by atoms with van der Waals surface area (Å²) in [6, 6.07) is 1.77. The van der Waals surface area contributed by atoms with Crippen molar-refractivity contribution in [2.24, 2.45) is 0 Å². The molecule has 0 spiro atoms. The number of hydrogen-bond donors (Lipinski definition) is 2. The Morgan fingerprint density at radius 1 is 1.60 bits per heavy atom. The molecule has 86 valence electrons. The van der Waals surface area contributed by atoms with E-state index < -0.39 is 15.3 Å². The number of nitrogens with one attached hydrogen (secondary N) is 2. The summed E-state index contributed by atoms with van der Waals surface area (Å²) in [5.41, 5.74) is 0. The van der Waals surface area contributed by atoms with Crippen LogP contribution in [0.2, 0.25) is 0 Å². The van der Waals surface area contributed by atoms with Crippen LogP contribution in [-0.2, 0) is 10.0 Å². The molecule has 0 aromatic rings. The minimum Gasteiger partial charge on any atom is -0.313 e. The van der Waals surface area contributed by atoms with Gasteiger partial charge in [-0.1, -0.05) is 0 Å². The lowest BCUT2D eigenvalue weighted by Crippen LogP contribution is -2.53. The van der Waals surface area contributed by atoms with Gasteiger partial charge in [-0.05, 0) is 33.2 Å². The maximum atomic E-state index is 11.6. The standard InChI is InChI=1S/C9H17N3O2S/c1-7(6-10)15(13,14)12-9-4-3-5-11-8(9)2/h7-9,11-12H,3-5H2,1-2H3. The molecule has 1 aliphatic rings. The lowest BCUT2D eigenvalue weighted by atomic mass is 10.0. The molecule has 1 saturated heterocycles. The zero-order valence-electron chi connectivity index (χ0n) is 9.03. The zero-order chi connectivity index (χ0) is 11.5. The maximum absolute atomic E-state index is 11.6. The van der Waals surface area contributed by atoms with Crippen molar-refractivity contribution in [3.8, 4) is 6.07 Å². The van der Waals surface area contributed by atoms with Crippen molar-refractivity contribution in [3.63, 3.8) is 0 Å². The Labute approximate surface area is 90.9 Å². The Morgan fingerprint density at radius 3 is 2.80 bits per heavy atom. The topological polar surface area (TPSA) is 82.0 Å². The van der Waals surface area contributed by atoms with Crippen LogP contribution in [0.15, 0.2) is 0 Å². The zero-order valence-corrected chi connectivity index (χ0v) is 9.84. The van der Waals surface area contributed by atoms with Gasteiger partial charge in [0, 0.05) is 12.1 Å². The van der Waals surface area contributed by atoms with Crippen molar-refractivity contribution in [1.29, 1.82) is 5.26 Å². The van der Waals surface area contributed by atoms with Crippen molar-refractivity contribution >= 4 is 10.0 Å². The van der Waals surface area contributed by atoms with Crippen LogP contribution in [0.4, 0.5) is 0 Å². The molecule has 5 nitrogen and oxygen atoms in total. The molecular formula is C9H17N3O2S. The van der Waals surface area contributed by atoms with E-state index in [0.717, 1.165) is 19.4 Å². The Bertz CT molecular complexity index is 347. The third-order valence-corrected chi connectivity index (χ3v) is 4.39. The normalized spacial score (nSPS) is 29.4. The number of piperidine rings is 1. The summed E-state index contributed by atoms with van der Waals surface area (Å²) in [4.78, 5) is 0. The van der Waals surface area contributed by atoms with E-state index in [1.807, 2.05) is 6.92 Å². The van der Waals surface area contributed by atoms with E-state index in [4.69, 9.17) is 5.26 Å². The highest BCUT2D eigenvalue weighted by Crippen LogP contribution is 2.10. The second kappa shape index (κ2) is 4.92. The maximum Gasteiger partial charge on any atom is 0.227 e. The van der Waals surface area contributed by atoms with Gasteiger partial charge in [-0.3, -0.25) is 0 Å². The molecule has 3 unspecified atom stereocenters. The summed E-state index contributed by atoms with van der Waals surface area (Å²) in [6.07, 6.45) is 1.78. The quantitative estimate of drug-likeness (QED) is 0.714. The number of sulfonamides is 1. The van der Waals surface area contributed by atoms with E-state index in [1.165, 1.54) is 6.92 Å². The molecule has 0 amide bonds. The van der Waals surface area contributed by atoms with Crippen molar-refractivity contribution in [2.45, 2.75) is 44.0 Å². The van der Waals surface area contributed by atoms with Gasteiger partial charge in [0.15, 0.2) is 5.25 Å². The highest BCUT2D eigenvalue weighted by Gasteiger charge is 2.28. The number of nitriles is 1. The average Bonchev–Trinajstić information content (AvgIpc) is 2.20. The summed E-state index contributed by atoms with van der Waals surface area (Å²) < 4.78 is 25.8. The summed E-state index contributed by atoms with van der Waals surface area (Å²) in [5, 5.41) is 10.8. The summed E-state index contributed by atoms with van der Waals surface area (Å²) in [7, 11) is -3.49. The van der Waals surface area contributed by atoms with Crippen molar-refractivity contribution in [2.75, 3.05) is 6.54 Å². The van der Waals surface area contributed by atoms with Gasteiger partial charge < -0.3 is 5.32 Å². The van der Waals surface area contributed by atoms with E-state index in [9.17, 15) is 8.42 Å². The minimum atomic E-state index is -3.49. The van der Waals surface area contributed by atoms with Gasteiger partial charge in [0.25, 0.3) is 0 Å². The van der Waals surface area contributed by atoms with Crippen molar-refractivity contribution in [1.82, 2.24) is 10.0 Å². The second-order valence-corrected chi connectivity index (χ2v) is 5.96. The molecule has 0 aromatic heterocycles. The fourth-order valence-corrected chi connectivity index (χ4v) is 2.67. The number of rotatable bonds is 3. The van der Waals surface area contributed by atoms with Gasteiger partial charge in [-0.25, -0.2) is 13.1 Å². The molecule has 1 heterocycles. The van der Waals surface area contributed by atoms with Crippen molar-refractivity contribution in [3.05, 3.63) is 0 Å². The van der Waals surface area contributed by atoms with Crippen LogP contribution in [-0.4, -0.2) is 32.3 Å². The highest BCUT2D eigenvalue weighted by atomic mass is 32.2. The first-order chi connectivity index (χ1) is 6.97. The smallest absolute Gasteiger partial charge is 0.227 e. The van der Waals surface area contributed by atoms with Gasteiger partial charge in [-0.2, -0.15) is 5.26 Å². The predicted molar refractivity (Wildman–Crippen MR) is 57.6 cm³/mol. The van der Waals surface area contributed by atoms with Gasteiger partial charge >= 0.3 is 0 Å². The minimum absolute atomic E-state index is 0.0976.